The van der Waals surface area contributed by atoms with Crippen LogP contribution >= 0.6 is 0 Å². The molecule has 2 aliphatic rings. The lowest BCUT2D eigenvalue weighted by Crippen LogP contribution is -2.14. The van der Waals surface area contributed by atoms with Crippen LogP contribution in [0.3, 0.4) is 0 Å². The van der Waals surface area contributed by atoms with Gasteiger partial charge in [0, 0.05) is 14.2 Å². The lowest BCUT2D eigenvalue weighted by molar-refractivity contribution is 0.0383. The molecule has 4 heteroatoms. The highest BCUT2D eigenvalue weighted by atomic mass is 16.6. The fourth-order valence-corrected chi connectivity index (χ4v) is 2.93. The van der Waals surface area contributed by atoms with Crippen molar-refractivity contribution in [2.24, 2.45) is 5.92 Å². The number of methoxy groups -OCH3 is 2. The van der Waals surface area contributed by atoms with Crippen molar-refractivity contribution in [1.82, 2.24) is 0 Å². The van der Waals surface area contributed by atoms with Gasteiger partial charge in [-0.15, -0.1) is 0 Å². The summed E-state index contributed by atoms with van der Waals surface area (Å²) in [6, 6.07) is 8.18. The Morgan fingerprint density at radius 3 is 2.16 bits per heavy atom. The third kappa shape index (κ3) is 3.08. The highest BCUT2D eigenvalue weighted by molar-refractivity contribution is 5.29. The smallest absolute Gasteiger partial charge is 0.118 e. The third-order valence-electron chi connectivity index (χ3n) is 3.88. The summed E-state index contributed by atoms with van der Waals surface area (Å²) in [4.78, 5) is 0. The zero-order chi connectivity index (χ0) is 13.8. The Bertz CT molecular complexity index is 380. The zero-order valence-corrected chi connectivity index (χ0v) is 11.7. The van der Waals surface area contributed by atoms with Crippen LogP contribution in [0.25, 0.3) is 0 Å². The zero-order valence-electron chi connectivity index (χ0n) is 11.7. The summed E-state index contributed by atoms with van der Waals surface area (Å²) in [7, 11) is 4.48. The lowest BCUT2D eigenvalue weighted by Gasteiger charge is -2.23. The minimum atomic E-state index is 0.192. The molecule has 0 radical (unpaired) electrons. The molecule has 0 amide bonds. The minimum absolute atomic E-state index is 0.192. The number of ether oxygens (including phenoxy) is 3. The van der Waals surface area contributed by atoms with E-state index in [0.29, 0.717) is 18.1 Å². The van der Waals surface area contributed by atoms with E-state index >= 15 is 0 Å². The first-order chi connectivity index (χ1) is 9.31. The summed E-state index contributed by atoms with van der Waals surface area (Å²) in [5, 5.41) is 7.00. The molecular formula is C15H22O4. The molecule has 1 N–H and O–H groups in total. The van der Waals surface area contributed by atoms with Gasteiger partial charge in [0.15, 0.2) is 0 Å². The Kier molecular flexibility index (Phi) is 4.80. The predicted octanol–water partition coefficient (Wildman–Crippen LogP) is 2.17. The number of rotatable bonds is 4. The van der Waals surface area contributed by atoms with Gasteiger partial charge in [-0.25, -0.2) is 0 Å². The van der Waals surface area contributed by atoms with Gasteiger partial charge in [0.25, 0.3) is 0 Å². The van der Waals surface area contributed by atoms with E-state index in [9.17, 15) is 0 Å². The lowest BCUT2D eigenvalue weighted by atomic mass is 9.93. The number of fused-ring (bicyclic) bond motifs is 1. The molecule has 3 atom stereocenters. The molecule has 3 unspecified atom stereocenters. The molecule has 3 rings (SSSR count). The summed E-state index contributed by atoms with van der Waals surface area (Å²) in [5.74, 6) is 1.48. The average Bonchev–Trinajstić information content (AvgIpc) is 3.09. The van der Waals surface area contributed by atoms with Crippen LogP contribution in [0.2, 0.25) is 0 Å². The largest absolute Gasteiger partial charge is 0.497 e. The number of epoxide rings is 1. The van der Waals surface area contributed by atoms with Gasteiger partial charge in [0.1, 0.15) is 5.75 Å². The maximum absolute atomic E-state index is 7.00. The molecule has 1 aliphatic carbocycles. The second kappa shape index (κ2) is 6.37. The van der Waals surface area contributed by atoms with E-state index < -0.39 is 0 Å². The van der Waals surface area contributed by atoms with Gasteiger partial charge in [0.05, 0.1) is 25.4 Å². The molecule has 0 aromatic heterocycles. The van der Waals surface area contributed by atoms with Gasteiger partial charge < -0.3 is 19.3 Å². The van der Waals surface area contributed by atoms with Crippen LogP contribution in [-0.2, 0) is 9.47 Å². The van der Waals surface area contributed by atoms with Crippen LogP contribution < -0.4 is 4.74 Å². The van der Waals surface area contributed by atoms with E-state index in [1.54, 1.807) is 14.2 Å². The normalized spacial score (nSPS) is 28.9. The van der Waals surface area contributed by atoms with Crippen molar-refractivity contribution in [3.63, 3.8) is 0 Å². The van der Waals surface area contributed by atoms with Crippen molar-refractivity contribution >= 4 is 0 Å². The molecule has 1 aromatic carbocycles. The topological polar surface area (TPSA) is 51.2 Å². The van der Waals surface area contributed by atoms with Crippen molar-refractivity contribution in [2.75, 3.05) is 21.3 Å². The first-order valence-electron chi connectivity index (χ1n) is 6.58. The Hall–Kier alpha value is -1.10. The second-order valence-corrected chi connectivity index (χ2v) is 4.87. The standard InChI is InChI=1S/C14H18O3.CH4O/c1-15-11-5-3-9(4-6-11)14(16-2)10-7-12-13(8-10)17-12;1-2/h3-6,10,12-14H,7-8H2,1-2H3;2H,1H3. The Morgan fingerprint density at radius 2 is 1.68 bits per heavy atom. The quantitative estimate of drug-likeness (QED) is 0.849. The molecule has 106 valence electrons. The van der Waals surface area contributed by atoms with Gasteiger partial charge >= 0.3 is 0 Å². The maximum atomic E-state index is 7.00. The first kappa shape index (κ1) is 14.3. The van der Waals surface area contributed by atoms with Crippen LogP contribution in [0.1, 0.15) is 24.5 Å². The molecule has 4 nitrogen and oxygen atoms in total. The number of hydrogen-bond donors (Lipinski definition) is 1. The molecular weight excluding hydrogens is 244 g/mol. The third-order valence-corrected chi connectivity index (χ3v) is 3.88. The van der Waals surface area contributed by atoms with Crippen molar-refractivity contribution < 1.29 is 19.3 Å². The number of hydrogen-bond acceptors (Lipinski definition) is 4. The van der Waals surface area contributed by atoms with Crippen LogP contribution in [-0.4, -0.2) is 38.6 Å². The van der Waals surface area contributed by atoms with Crippen LogP contribution in [0.15, 0.2) is 24.3 Å². The van der Waals surface area contributed by atoms with E-state index in [0.717, 1.165) is 25.7 Å². The molecule has 1 aromatic rings. The molecule has 19 heavy (non-hydrogen) atoms. The summed E-state index contributed by atoms with van der Waals surface area (Å²) >= 11 is 0. The Labute approximate surface area is 114 Å². The Morgan fingerprint density at radius 1 is 1.11 bits per heavy atom. The average molecular weight is 266 g/mol. The van der Waals surface area contributed by atoms with Gasteiger partial charge in [-0.2, -0.15) is 0 Å². The predicted molar refractivity (Wildman–Crippen MR) is 72.3 cm³/mol. The highest BCUT2D eigenvalue weighted by Crippen LogP contribution is 2.48. The SMILES string of the molecule is CO.COc1ccc(C(OC)C2CC3OC3C2)cc1. The maximum Gasteiger partial charge on any atom is 0.118 e. The van der Waals surface area contributed by atoms with E-state index in [4.69, 9.17) is 19.3 Å². The fraction of sp³-hybridized carbons (Fsp3) is 0.600. The highest BCUT2D eigenvalue weighted by Gasteiger charge is 2.50. The summed E-state index contributed by atoms with van der Waals surface area (Å²) in [6.45, 7) is 0. The van der Waals surface area contributed by atoms with E-state index in [1.807, 2.05) is 12.1 Å². The van der Waals surface area contributed by atoms with Crippen molar-refractivity contribution in [3.05, 3.63) is 29.8 Å². The number of benzene rings is 1. The van der Waals surface area contributed by atoms with Crippen LogP contribution in [0.5, 0.6) is 5.75 Å². The molecule has 1 aliphatic heterocycles. The second-order valence-electron chi connectivity index (χ2n) is 4.87. The van der Waals surface area contributed by atoms with Gasteiger partial charge in [-0.1, -0.05) is 12.1 Å². The monoisotopic (exact) mass is 266 g/mol. The van der Waals surface area contributed by atoms with Crippen molar-refractivity contribution in [2.45, 2.75) is 31.2 Å². The summed E-state index contributed by atoms with van der Waals surface area (Å²) < 4.78 is 16.3. The van der Waals surface area contributed by atoms with E-state index in [2.05, 4.69) is 12.1 Å². The Balaban J connectivity index is 0.000000637. The van der Waals surface area contributed by atoms with Crippen molar-refractivity contribution in [1.29, 1.82) is 0 Å². The van der Waals surface area contributed by atoms with Gasteiger partial charge in [-0.05, 0) is 36.5 Å². The van der Waals surface area contributed by atoms with E-state index in [-0.39, 0.29) is 6.10 Å². The van der Waals surface area contributed by atoms with Crippen LogP contribution in [0, 0.1) is 5.92 Å². The van der Waals surface area contributed by atoms with E-state index in [1.165, 1.54) is 5.56 Å². The number of aliphatic hydroxyl groups is 1. The summed E-state index contributed by atoms with van der Waals surface area (Å²) in [6.07, 6.45) is 3.48. The van der Waals surface area contributed by atoms with Crippen molar-refractivity contribution in [3.8, 4) is 5.75 Å². The first-order valence-corrected chi connectivity index (χ1v) is 6.58. The number of aliphatic hydroxyl groups excluding tert-OH is 1. The van der Waals surface area contributed by atoms with Crippen LogP contribution in [0.4, 0.5) is 0 Å². The fourth-order valence-electron chi connectivity index (χ4n) is 2.93. The molecule has 0 bridgehead atoms. The minimum Gasteiger partial charge on any atom is -0.497 e. The van der Waals surface area contributed by atoms with Gasteiger partial charge in [-0.3, -0.25) is 0 Å². The van der Waals surface area contributed by atoms with Gasteiger partial charge in [0.2, 0.25) is 0 Å². The molecule has 2 fully saturated rings. The molecule has 1 saturated carbocycles. The molecule has 0 spiro atoms. The molecule has 1 saturated heterocycles. The molecule has 1 heterocycles. The summed E-state index contributed by atoms with van der Waals surface area (Å²) in [5.41, 5.74) is 1.24.